The van der Waals surface area contributed by atoms with Gasteiger partial charge in [0.2, 0.25) is 10.0 Å². The van der Waals surface area contributed by atoms with Crippen molar-refractivity contribution in [3.8, 4) is 0 Å². The predicted molar refractivity (Wildman–Crippen MR) is 70.4 cm³/mol. The van der Waals surface area contributed by atoms with Gasteiger partial charge in [-0.15, -0.1) is 10.2 Å². The van der Waals surface area contributed by atoms with E-state index in [-0.39, 0.29) is 18.2 Å². The zero-order valence-electron chi connectivity index (χ0n) is 11.3. The van der Waals surface area contributed by atoms with E-state index in [0.29, 0.717) is 5.82 Å². The molecule has 0 fully saturated rings. The van der Waals surface area contributed by atoms with E-state index >= 15 is 0 Å². The maximum absolute atomic E-state index is 11.8. The molecule has 6 nitrogen and oxygen atoms in total. The molecule has 18 heavy (non-hydrogen) atoms. The van der Waals surface area contributed by atoms with Crippen LogP contribution in [0.25, 0.3) is 0 Å². The molecule has 1 aromatic rings. The second-order valence-corrected chi connectivity index (χ2v) is 6.38. The van der Waals surface area contributed by atoms with Crippen LogP contribution >= 0.6 is 0 Å². The van der Waals surface area contributed by atoms with Crippen LogP contribution < -0.4 is 4.72 Å². The lowest BCUT2D eigenvalue weighted by Crippen LogP contribution is -2.29. The van der Waals surface area contributed by atoms with Gasteiger partial charge in [0.05, 0.1) is 12.3 Å². The molecule has 0 aliphatic rings. The molecule has 1 N–H and O–H groups in total. The second kappa shape index (κ2) is 6.84. The average molecular weight is 274 g/mol. The number of hydrogen-bond acceptors (Lipinski definition) is 4. The van der Waals surface area contributed by atoms with Crippen molar-refractivity contribution in [2.45, 2.75) is 46.7 Å². The van der Waals surface area contributed by atoms with E-state index in [0.717, 1.165) is 19.4 Å². The molecule has 1 unspecified atom stereocenters. The Kier molecular flexibility index (Phi) is 5.74. The first-order chi connectivity index (χ1) is 8.48. The Balaban J connectivity index is 2.51. The predicted octanol–water partition coefficient (Wildman–Crippen LogP) is 1.15. The fraction of sp³-hybridized carbons (Fsp3) is 0.818. The number of rotatable bonds is 8. The highest BCUT2D eigenvalue weighted by molar-refractivity contribution is 7.89. The second-order valence-electron chi connectivity index (χ2n) is 4.53. The van der Waals surface area contributed by atoms with Crippen molar-refractivity contribution in [2.75, 3.05) is 5.75 Å². The molecule has 1 aromatic heterocycles. The van der Waals surface area contributed by atoms with Gasteiger partial charge >= 0.3 is 0 Å². The third-order valence-electron chi connectivity index (χ3n) is 2.77. The van der Waals surface area contributed by atoms with Crippen molar-refractivity contribution in [1.82, 2.24) is 19.5 Å². The van der Waals surface area contributed by atoms with E-state index in [2.05, 4.69) is 21.8 Å². The van der Waals surface area contributed by atoms with Crippen molar-refractivity contribution in [2.24, 2.45) is 5.92 Å². The molecular weight excluding hydrogens is 252 g/mol. The van der Waals surface area contributed by atoms with E-state index in [1.54, 1.807) is 6.33 Å². The number of nitrogens with one attached hydrogen (secondary N) is 1. The van der Waals surface area contributed by atoms with Crippen LogP contribution in [-0.4, -0.2) is 28.9 Å². The van der Waals surface area contributed by atoms with E-state index in [4.69, 9.17) is 0 Å². The molecule has 104 valence electrons. The van der Waals surface area contributed by atoms with Crippen molar-refractivity contribution >= 4 is 10.0 Å². The Morgan fingerprint density at radius 2 is 2.17 bits per heavy atom. The summed E-state index contributed by atoms with van der Waals surface area (Å²) in [4.78, 5) is 0. The maximum Gasteiger partial charge on any atom is 0.212 e. The van der Waals surface area contributed by atoms with E-state index < -0.39 is 10.0 Å². The summed E-state index contributed by atoms with van der Waals surface area (Å²) in [5, 5.41) is 7.65. The molecule has 0 aliphatic carbocycles. The molecular formula is C11H22N4O2S. The Morgan fingerprint density at radius 1 is 1.44 bits per heavy atom. The first-order valence-electron chi connectivity index (χ1n) is 6.32. The number of aryl methyl sites for hydroxylation is 1. The van der Waals surface area contributed by atoms with Gasteiger partial charge in [0.15, 0.2) is 0 Å². The van der Waals surface area contributed by atoms with Crippen LogP contribution in [-0.2, 0) is 23.1 Å². The summed E-state index contributed by atoms with van der Waals surface area (Å²) < 4.78 is 28.1. The minimum Gasteiger partial charge on any atom is -0.317 e. The Bertz CT molecular complexity index is 455. The number of nitrogens with zero attached hydrogens (tertiary/aromatic N) is 3. The van der Waals surface area contributed by atoms with Gasteiger partial charge in [-0.3, -0.25) is 0 Å². The Labute approximate surface area is 109 Å². The zero-order valence-corrected chi connectivity index (χ0v) is 12.1. The minimum atomic E-state index is -3.24. The standard InChI is InChI=1S/C11H22N4O2S/c1-4-6-10(3)8-18(16,17)13-7-11-14-12-9-15(11)5-2/h9-10,13H,4-8H2,1-3H3. The van der Waals surface area contributed by atoms with E-state index in [1.165, 1.54) is 0 Å². The first-order valence-corrected chi connectivity index (χ1v) is 7.97. The van der Waals surface area contributed by atoms with Crippen molar-refractivity contribution in [3.63, 3.8) is 0 Å². The van der Waals surface area contributed by atoms with Gasteiger partial charge in [0.1, 0.15) is 12.2 Å². The van der Waals surface area contributed by atoms with Gasteiger partial charge in [-0.2, -0.15) is 0 Å². The van der Waals surface area contributed by atoms with Gasteiger partial charge in [0, 0.05) is 6.54 Å². The third-order valence-corrected chi connectivity index (χ3v) is 4.36. The lowest BCUT2D eigenvalue weighted by molar-refractivity contribution is 0.533. The van der Waals surface area contributed by atoms with Crippen LogP contribution in [0.3, 0.4) is 0 Å². The molecule has 7 heteroatoms. The molecule has 0 aromatic carbocycles. The lowest BCUT2D eigenvalue weighted by atomic mass is 10.1. The summed E-state index contributed by atoms with van der Waals surface area (Å²) in [5.41, 5.74) is 0. The lowest BCUT2D eigenvalue weighted by Gasteiger charge is -2.11. The summed E-state index contributed by atoms with van der Waals surface area (Å²) in [7, 11) is -3.24. The summed E-state index contributed by atoms with van der Waals surface area (Å²) in [5.74, 6) is 0.988. The smallest absolute Gasteiger partial charge is 0.212 e. The first kappa shape index (κ1) is 15.1. The van der Waals surface area contributed by atoms with E-state index in [9.17, 15) is 8.42 Å². The summed E-state index contributed by atoms with van der Waals surface area (Å²) >= 11 is 0. The third kappa shape index (κ3) is 4.73. The van der Waals surface area contributed by atoms with Gasteiger partial charge in [0.25, 0.3) is 0 Å². The molecule has 0 amide bonds. The fourth-order valence-electron chi connectivity index (χ4n) is 1.86. The Morgan fingerprint density at radius 3 is 2.78 bits per heavy atom. The molecule has 0 saturated carbocycles. The van der Waals surface area contributed by atoms with Gasteiger partial charge in [-0.05, 0) is 19.3 Å². The Hall–Kier alpha value is -0.950. The zero-order chi connectivity index (χ0) is 13.6. The van der Waals surface area contributed by atoms with Crippen LogP contribution in [0.15, 0.2) is 6.33 Å². The molecule has 1 heterocycles. The quantitative estimate of drug-likeness (QED) is 0.771. The van der Waals surface area contributed by atoms with Crippen molar-refractivity contribution in [3.05, 3.63) is 12.2 Å². The summed E-state index contributed by atoms with van der Waals surface area (Å²) in [6.45, 7) is 6.91. The molecule has 0 aliphatic heterocycles. The molecule has 0 saturated heterocycles. The monoisotopic (exact) mass is 274 g/mol. The SMILES string of the molecule is CCCC(C)CS(=O)(=O)NCc1nncn1CC. The van der Waals surface area contributed by atoms with Crippen LogP contribution in [0.4, 0.5) is 0 Å². The van der Waals surface area contributed by atoms with Gasteiger partial charge < -0.3 is 4.57 Å². The maximum atomic E-state index is 11.8. The molecule has 0 spiro atoms. The molecule has 1 rings (SSSR count). The normalized spacial score (nSPS) is 13.7. The van der Waals surface area contributed by atoms with Crippen LogP contribution in [0.1, 0.15) is 39.4 Å². The minimum absolute atomic E-state index is 0.168. The van der Waals surface area contributed by atoms with Crippen molar-refractivity contribution in [1.29, 1.82) is 0 Å². The van der Waals surface area contributed by atoms with Crippen LogP contribution in [0.2, 0.25) is 0 Å². The van der Waals surface area contributed by atoms with Gasteiger partial charge in [-0.1, -0.05) is 20.3 Å². The largest absolute Gasteiger partial charge is 0.317 e. The van der Waals surface area contributed by atoms with Gasteiger partial charge in [-0.25, -0.2) is 13.1 Å². The van der Waals surface area contributed by atoms with Crippen molar-refractivity contribution < 1.29 is 8.42 Å². The van der Waals surface area contributed by atoms with Crippen LogP contribution in [0, 0.1) is 5.92 Å². The molecule has 0 bridgehead atoms. The topological polar surface area (TPSA) is 76.9 Å². The van der Waals surface area contributed by atoms with Crippen LogP contribution in [0.5, 0.6) is 0 Å². The molecule has 1 atom stereocenters. The highest BCUT2D eigenvalue weighted by atomic mass is 32.2. The molecule has 0 radical (unpaired) electrons. The number of hydrogen-bond donors (Lipinski definition) is 1. The average Bonchev–Trinajstić information content (AvgIpc) is 2.73. The summed E-state index contributed by atoms with van der Waals surface area (Å²) in [6, 6.07) is 0. The van der Waals surface area contributed by atoms with E-state index in [1.807, 2.05) is 18.4 Å². The number of sulfonamides is 1. The highest BCUT2D eigenvalue weighted by Gasteiger charge is 2.16. The summed E-state index contributed by atoms with van der Waals surface area (Å²) in [6.07, 6.45) is 3.52. The number of aromatic nitrogens is 3. The fourth-order valence-corrected chi connectivity index (χ4v) is 3.25. The highest BCUT2D eigenvalue weighted by Crippen LogP contribution is 2.08.